The molecule has 1 aromatic carbocycles. The first kappa shape index (κ1) is 12.9. The molecule has 0 saturated heterocycles. The van der Waals surface area contributed by atoms with E-state index >= 15 is 0 Å². The molecule has 4 nitrogen and oxygen atoms in total. The van der Waals surface area contributed by atoms with E-state index in [0.29, 0.717) is 10.7 Å². The van der Waals surface area contributed by atoms with Crippen molar-refractivity contribution in [1.29, 1.82) is 0 Å². The lowest BCUT2D eigenvalue weighted by molar-refractivity contribution is 0.460. The molecule has 6 heteroatoms. The van der Waals surface area contributed by atoms with Crippen molar-refractivity contribution in [1.82, 2.24) is 9.78 Å². The van der Waals surface area contributed by atoms with E-state index in [9.17, 15) is 9.90 Å². The number of halogens is 2. The number of hydrogen-bond donors (Lipinski definition) is 1. The molecule has 0 saturated carbocycles. The third kappa shape index (κ3) is 2.35. The van der Waals surface area contributed by atoms with Crippen molar-refractivity contribution in [2.75, 3.05) is 0 Å². The predicted molar refractivity (Wildman–Crippen MR) is 70.8 cm³/mol. The third-order valence-corrected chi connectivity index (χ3v) is 2.99. The fourth-order valence-corrected chi connectivity index (χ4v) is 2.02. The average Bonchev–Trinajstić information content (AvgIpc) is 2.30. The van der Waals surface area contributed by atoms with Gasteiger partial charge in [0.15, 0.2) is 0 Å². The van der Waals surface area contributed by atoms with Crippen molar-refractivity contribution in [3.63, 3.8) is 0 Å². The van der Waals surface area contributed by atoms with Gasteiger partial charge in [-0.3, -0.25) is 4.79 Å². The minimum atomic E-state index is -0.424. The number of aryl methyl sites for hydroxylation is 1. The smallest absolute Gasteiger partial charge is 0.275 e. The molecule has 0 atom stereocenters. The second-order valence-electron chi connectivity index (χ2n) is 3.79. The molecular weight excluding hydrogens is 275 g/mol. The van der Waals surface area contributed by atoms with E-state index in [-0.39, 0.29) is 17.3 Å². The molecule has 0 amide bonds. The van der Waals surface area contributed by atoms with E-state index in [0.717, 1.165) is 11.6 Å². The lowest BCUT2D eigenvalue weighted by Gasteiger charge is -2.10. The number of rotatable bonds is 2. The second kappa shape index (κ2) is 5.00. The summed E-state index contributed by atoms with van der Waals surface area (Å²) in [6, 6.07) is 6.20. The molecule has 0 fully saturated rings. The maximum Gasteiger partial charge on any atom is 0.275 e. The first-order valence-electron chi connectivity index (χ1n) is 5.17. The molecule has 1 N–H and O–H groups in total. The van der Waals surface area contributed by atoms with Crippen LogP contribution in [-0.2, 0) is 5.88 Å². The number of nitrogens with zero attached hydrogens (tertiary/aromatic N) is 2. The Kier molecular flexibility index (Phi) is 3.59. The normalized spacial score (nSPS) is 10.6. The molecule has 0 radical (unpaired) electrons. The Labute approximate surface area is 113 Å². The van der Waals surface area contributed by atoms with Gasteiger partial charge in [0.1, 0.15) is 11.4 Å². The van der Waals surface area contributed by atoms with Gasteiger partial charge in [-0.2, -0.15) is 9.78 Å². The number of aromatic nitrogens is 2. The standard InChI is InChI=1S/C12H10Cl2N2O2/c1-7-4-8(14)2-3-10(7)16-12(18)5-11(17)9(6-13)15-16/h2-5,17H,6H2,1H3. The SMILES string of the molecule is Cc1cc(Cl)ccc1-n1nc(CCl)c(O)cc1=O. The summed E-state index contributed by atoms with van der Waals surface area (Å²) in [5.41, 5.74) is 1.25. The number of alkyl halides is 1. The van der Waals surface area contributed by atoms with Crippen molar-refractivity contribution in [3.05, 3.63) is 50.9 Å². The van der Waals surface area contributed by atoms with Crippen molar-refractivity contribution in [2.24, 2.45) is 0 Å². The van der Waals surface area contributed by atoms with Gasteiger partial charge < -0.3 is 5.11 Å². The van der Waals surface area contributed by atoms with Crippen LogP contribution in [0, 0.1) is 6.92 Å². The van der Waals surface area contributed by atoms with E-state index in [2.05, 4.69) is 5.10 Å². The van der Waals surface area contributed by atoms with Crippen LogP contribution >= 0.6 is 23.2 Å². The summed E-state index contributed by atoms with van der Waals surface area (Å²) < 4.78 is 1.20. The number of hydrogen-bond acceptors (Lipinski definition) is 3. The fourth-order valence-electron chi connectivity index (χ4n) is 1.61. The summed E-state index contributed by atoms with van der Waals surface area (Å²) in [6.45, 7) is 1.82. The summed E-state index contributed by atoms with van der Waals surface area (Å²) >= 11 is 11.5. The largest absolute Gasteiger partial charge is 0.506 e. The van der Waals surface area contributed by atoms with Crippen LogP contribution in [0.15, 0.2) is 29.1 Å². The van der Waals surface area contributed by atoms with Gasteiger partial charge in [-0.15, -0.1) is 11.6 Å². The summed E-state index contributed by atoms with van der Waals surface area (Å²) in [5.74, 6) is -0.170. The molecule has 1 heterocycles. The van der Waals surface area contributed by atoms with Crippen LogP contribution in [0.2, 0.25) is 5.02 Å². The highest BCUT2D eigenvalue weighted by atomic mass is 35.5. The highest BCUT2D eigenvalue weighted by Crippen LogP contribution is 2.19. The van der Waals surface area contributed by atoms with E-state index < -0.39 is 5.56 Å². The van der Waals surface area contributed by atoms with Gasteiger partial charge in [0.05, 0.1) is 11.6 Å². The van der Waals surface area contributed by atoms with Gasteiger partial charge in [-0.25, -0.2) is 0 Å². The quantitative estimate of drug-likeness (QED) is 0.863. The molecule has 0 aliphatic rings. The molecule has 0 aliphatic heterocycles. The van der Waals surface area contributed by atoms with E-state index in [1.54, 1.807) is 18.2 Å². The maximum absolute atomic E-state index is 11.8. The Bertz CT molecular complexity index is 653. The minimum absolute atomic E-state index is 0.0265. The molecular formula is C12H10Cl2N2O2. The van der Waals surface area contributed by atoms with Crippen LogP contribution in [0.1, 0.15) is 11.3 Å². The fraction of sp³-hybridized carbons (Fsp3) is 0.167. The summed E-state index contributed by atoms with van der Waals surface area (Å²) in [7, 11) is 0. The van der Waals surface area contributed by atoms with Gasteiger partial charge in [-0.05, 0) is 30.7 Å². The molecule has 0 aliphatic carbocycles. The van der Waals surface area contributed by atoms with Gasteiger partial charge >= 0.3 is 0 Å². The number of benzene rings is 1. The van der Waals surface area contributed by atoms with Crippen molar-refractivity contribution in [3.8, 4) is 11.4 Å². The van der Waals surface area contributed by atoms with Gasteiger partial charge in [0.25, 0.3) is 5.56 Å². The lowest BCUT2D eigenvalue weighted by Crippen LogP contribution is -2.22. The van der Waals surface area contributed by atoms with Crippen molar-refractivity contribution in [2.45, 2.75) is 12.8 Å². The van der Waals surface area contributed by atoms with Crippen LogP contribution in [-0.4, -0.2) is 14.9 Å². The Morgan fingerprint density at radius 1 is 1.39 bits per heavy atom. The van der Waals surface area contributed by atoms with Crippen LogP contribution in [0.5, 0.6) is 5.75 Å². The summed E-state index contributed by atoms with van der Waals surface area (Å²) in [4.78, 5) is 11.8. The Morgan fingerprint density at radius 2 is 2.11 bits per heavy atom. The average molecular weight is 285 g/mol. The van der Waals surface area contributed by atoms with Gasteiger partial charge in [0, 0.05) is 11.1 Å². The monoisotopic (exact) mass is 284 g/mol. The van der Waals surface area contributed by atoms with Crippen LogP contribution in [0.25, 0.3) is 5.69 Å². The lowest BCUT2D eigenvalue weighted by atomic mass is 10.2. The molecule has 0 unspecified atom stereocenters. The molecule has 0 spiro atoms. The minimum Gasteiger partial charge on any atom is -0.506 e. The Balaban J connectivity index is 2.67. The van der Waals surface area contributed by atoms with E-state index in [1.807, 2.05) is 6.92 Å². The van der Waals surface area contributed by atoms with E-state index in [4.69, 9.17) is 23.2 Å². The first-order chi connectivity index (χ1) is 8.52. The second-order valence-corrected chi connectivity index (χ2v) is 4.49. The molecule has 18 heavy (non-hydrogen) atoms. The van der Waals surface area contributed by atoms with E-state index in [1.165, 1.54) is 4.68 Å². The Morgan fingerprint density at radius 3 is 2.72 bits per heavy atom. The Hall–Kier alpha value is -1.52. The van der Waals surface area contributed by atoms with Crippen LogP contribution in [0.3, 0.4) is 0 Å². The summed E-state index contributed by atoms with van der Waals surface area (Å²) in [6.07, 6.45) is 0. The van der Waals surface area contributed by atoms with Gasteiger partial charge in [0.2, 0.25) is 0 Å². The van der Waals surface area contributed by atoms with Crippen molar-refractivity contribution < 1.29 is 5.11 Å². The molecule has 2 rings (SSSR count). The highest BCUT2D eigenvalue weighted by molar-refractivity contribution is 6.30. The maximum atomic E-state index is 11.8. The highest BCUT2D eigenvalue weighted by Gasteiger charge is 2.10. The molecule has 0 bridgehead atoms. The zero-order valence-corrected chi connectivity index (χ0v) is 11.0. The first-order valence-corrected chi connectivity index (χ1v) is 6.09. The third-order valence-electron chi connectivity index (χ3n) is 2.50. The van der Waals surface area contributed by atoms with Crippen molar-refractivity contribution >= 4 is 23.2 Å². The predicted octanol–water partition coefficient (Wildman–Crippen LogP) is 2.64. The summed E-state index contributed by atoms with van der Waals surface area (Å²) in [5, 5.41) is 14.1. The number of aromatic hydroxyl groups is 1. The molecule has 94 valence electrons. The topological polar surface area (TPSA) is 55.1 Å². The van der Waals surface area contributed by atoms with Gasteiger partial charge in [-0.1, -0.05) is 11.6 Å². The molecule has 1 aromatic heterocycles. The molecule has 2 aromatic rings. The zero-order valence-electron chi connectivity index (χ0n) is 9.52. The zero-order chi connectivity index (χ0) is 13.3. The van der Waals surface area contributed by atoms with Crippen LogP contribution in [0.4, 0.5) is 0 Å². The van der Waals surface area contributed by atoms with Crippen LogP contribution < -0.4 is 5.56 Å².